The minimum atomic E-state index is -3.58. The van der Waals surface area contributed by atoms with Gasteiger partial charge in [-0.2, -0.15) is 11.8 Å². The lowest BCUT2D eigenvalue weighted by atomic mass is 9.48. The molecule has 4 nitrogen and oxygen atoms in total. The molecule has 4 saturated carbocycles. The number of carboxylic acid groups (broad SMARTS) is 1. The zero-order valence-corrected chi connectivity index (χ0v) is 20.7. The molecule has 6 heteroatoms. The number of thioether (sulfide) groups is 1. The SMILES string of the molecule is CC(CSCc1ccc(S(=O)(=O)c2cccc(C34CC5CC(CC(C5)C3)C4)c2)cc1)C(=O)O. The summed E-state index contributed by atoms with van der Waals surface area (Å²) in [5.41, 5.74) is 2.40. The molecule has 4 aliphatic rings. The second-order valence-corrected chi connectivity index (χ2v) is 13.6. The van der Waals surface area contributed by atoms with Crippen molar-refractivity contribution >= 4 is 27.6 Å². The summed E-state index contributed by atoms with van der Waals surface area (Å²) in [6.07, 6.45) is 7.77. The van der Waals surface area contributed by atoms with E-state index in [0.29, 0.717) is 21.3 Å². The van der Waals surface area contributed by atoms with Crippen LogP contribution in [-0.4, -0.2) is 25.2 Å². The number of benzene rings is 2. The number of aliphatic carboxylic acids is 1. The van der Waals surface area contributed by atoms with Crippen molar-refractivity contribution in [1.29, 1.82) is 0 Å². The van der Waals surface area contributed by atoms with Gasteiger partial charge in [0, 0.05) is 11.5 Å². The van der Waals surface area contributed by atoms with Gasteiger partial charge in [0.2, 0.25) is 9.84 Å². The van der Waals surface area contributed by atoms with Crippen LogP contribution in [-0.2, 0) is 25.8 Å². The van der Waals surface area contributed by atoms with Crippen molar-refractivity contribution in [2.45, 2.75) is 66.4 Å². The van der Waals surface area contributed by atoms with Crippen LogP contribution in [0.15, 0.2) is 58.3 Å². The Labute approximate surface area is 201 Å². The molecular formula is C27H32O4S2. The third-order valence-electron chi connectivity index (χ3n) is 8.09. The topological polar surface area (TPSA) is 71.4 Å². The molecule has 33 heavy (non-hydrogen) atoms. The molecular weight excluding hydrogens is 452 g/mol. The molecule has 1 atom stereocenters. The molecule has 176 valence electrons. The molecule has 4 fully saturated rings. The van der Waals surface area contributed by atoms with E-state index in [4.69, 9.17) is 5.11 Å². The van der Waals surface area contributed by atoms with Crippen molar-refractivity contribution in [1.82, 2.24) is 0 Å². The summed E-state index contributed by atoms with van der Waals surface area (Å²) in [4.78, 5) is 11.7. The fourth-order valence-electron chi connectivity index (χ4n) is 6.78. The van der Waals surface area contributed by atoms with Gasteiger partial charge in [-0.15, -0.1) is 0 Å². The zero-order valence-electron chi connectivity index (χ0n) is 19.1. The van der Waals surface area contributed by atoms with E-state index in [1.165, 1.54) is 44.1 Å². The van der Waals surface area contributed by atoms with Crippen LogP contribution in [0.25, 0.3) is 0 Å². The number of hydrogen-bond acceptors (Lipinski definition) is 4. The van der Waals surface area contributed by atoms with Crippen molar-refractivity contribution in [3.63, 3.8) is 0 Å². The first kappa shape index (κ1) is 23.0. The second kappa shape index (κ2) is 8.77. The highest BCUT2D eigenvalue weighted by atomic mass is 32.2. The molecule has 2 aromatic carbocycles. The van der Waals surface area contributed by atoms with E-state index in [9.17, 15) is 13.2 Å². The van der Waals surface area contributed by atoms with E-state index in [1.54, 1.807) is 36.9 Å². The maximum absolute atomic E-state index is 13.4. The van der Waals surface area contributed by atoms with Gasteiger partial charge in [0.25, 0.3) is 0 Å². The lowest BCUT2D eigenvalue weighted by Crippen LogP contribution is -2.48. The molecule has 0 saturated heterocycles. The van der Waals surface area contributed by atoms with Gasteiger partial charge in [-0.3, -0.25) is 4.79 Å². The van der Waals surface area contributed by atoms with Gasteiger partial charge < -0.3 is 5.11 Å². The van der Waals surface area contributed by atoms with Crippen molar-refractivity contribution in [2.24, 2.45) is 23.7 Å². The molecule has 4 aliphatic carbocycles. The van der Waals surface area contributed by atoms with E-state index in [2.05, 4.69) is 6.07 Å². The molecule has 4 bridgehead atoms. The normalized spacial score (nSPS) is 29.2. The van der Waals surface area contributed by atoms with Crippen LogP contribution < -0.4 is 0 Å². The Morgan fingerprint density at radius 2 is 1.61 bits per heavy atom. The Morgan fingerprint density at radius 3 is 2.18 bits per heavy atom. The summed E-state index contributed by atoms with van der Waals surface area (Å²) < 4.78 is 26.9. The largest absolute Gasteiger partial charge is 0.481 e. The van der Waals surface area contributed by atoms with Crippen LogP contribution >= 0.6 is 11.8 Å². The van der Waals surface area contributed by atoms with Gasteiger partial charge in [0.05, 0.1) is 15.7 Å². The maximum Gasteiger partial charge on any atom is 0.307 e. The molecule has 0 spiro atoms. The van der Waals surface area contributed by atoms with E-state index >= 15 is 0 Å². The molecule has 6 rings (SSSR count). The average molecular weight is 485 g/mol. The Balaban J connectivity index is 1.33. The van der Waals surface area contributed by atoms with Crippen LogP contribution in [0.2, 0.25) is 0 Å². The number of rotatable bonds is 8. The highest BCUT2D eigenvalue weighted by Crippen LogP contribution is 2.60. The van der Waals surface area contributed by atoms with Crippen LogP contribution in [0.1, 0.15) is 56.6 Å². The Morgan fingerprint density at radius 1 is 1.00 bits per heavy atom. The van der Waals surface area contributed by atoms with E-state index < -0.39 is 21.7 Å². The van der Waals surface area contributed by atoms with Gasteiger partial charge in [0.15, 0.2) is 0 Å². The molecule has 0 aliphatic heterocycles. The predicted octanol–water partition coefficient (Wildman–Crippen LogP) is 5.94. The Hall–Kier alpha value is -1.79. The van der Waals surface area contributed by atoms with E-state index in [1.807, 2.05) is 24.3 Å². The molecule has 1 N–H and O–H groups in total. The summed E-state index contributed by atoms with van der Waals surface area (Å²) in [5.74, 6) is 2.48. The van der Waals surface area contributed by atoms with Crippen LogP contribution in [0.3, 0.4) is 0 Å². The van der Waals surface area contributed by atoms with E-state index in [-0.39, 0.29) is 5.41 Å². The minimum absolute atomic E-state index is 0.175. The smallest absolute Gasteiger partial charge is 0.307 e. The summed E-state index contributed by atoms with van der Waals surface area (Å²) in [6, 6.07) is 14.8. The number of sulfone groups is 1. The molecule has 1 unspecified atom stereocenters. The first-order chi connectivity index (χ1) is 15.7. The van der Waals surface area contributed by atoms with Crippen molar-refractivity contribution in [3.05, 3.63) is 59.7 Å². The molecule has 0 amide bonds. The van der Waals surface area contributed by atoms with Crippen molar-refractivity contribution in [2.75, 3.05) is 5.75 Å². The van der Waals surface area contributed by atoms with Crippen LogP contribution in [0.4, 0.5) is 0 Å². The number of carbonyl (C=O) groups is 1. The fraction of sp³-hybridized carbons (Fsp3) is 0.519. The summed E-state index contributed by atoms with van der Waals surface area (Å²) in [7, 11) is -3.58. The lowest BCUT2D eigenvalue weighted by Gasteiger charge is -2.57. The van der Waals surface area contributed by atoms with Gasteiger partial charge in [0.1, 0.15) is 0 Å². The number of carboxylic acids is 1. The van der Waals surface area contributed by atoms with Gasteiger partial charge in [-0.25, -0.2) is 8.42 Å². The highest BCUT2D eigenvalue weighted by molar-refractivity contribution is 7.98. The first-order valence-electron chi connectivity index (χ1n) is 12.0. The predicted molar refractivity (Wildman–Crippen MR) is 131 cm³/mol. The molecule has 0 heterocycles. The lowest BCUT2D eigenvalue weighted by molar-refractivity contribution is -0.140. The average Bonchev–Trinajstić information content (AvgIpc) is 2.78. The number of hydrogen-bond donors (Lipinski definition) is 1. The third kappa shape index (κ3) is 4.49. The van der Waals surface area contributed by atoms with Gasteiger partial charge in [-0.05, 0) is 97.1 Å². The second-order valence-electron chi connectivity index (χ2n) is 10.6. The zero-order chi connectivity index (χ0) is 23.2. The van der Waals surface area contributed by atoms with Gasteiger partial charge in [-0.1, -0.05) is 31.2 Å². The summed E-state index contributed by atoms with van der Waals surface area (Å²) in [6.45, 7) is 1.70. The first-order valence-corrected chi connectivity index (χ1v) is 14.6. The minimum Gasteiger partial charge on any atom is -0.481 e. The highest BCUT2D eigenvalue weighted by Gasteiger charge is 2.51. The van der Waals surface area contributed by atoms with Crippen LogP contribution in [0, 0.1) is 23.7 Å². The standard InChI is InChI=1S/C27H32O4S2/c1-18(26(28)29)16-32-17-19-5-7-24(8-6-19)33(30,31)25-4-2-3-23(12-25)27-13-20-9-21(14-27)11-22(10-20)15-27/h2-8,12,18,20-22H,9-11,13-17H2,1H3,(H,28,29). The molecule has 2 aromatic rings. The van der Waals surface area contributed by atoms with E-state index in [0.717, 1.165) is 23.3 Å². The van der Waals surface area contributed by atoms with Crippen molar-refractivity contribution < 1.29 is 18.3 Å². The summed E-state index contributed by atoms with van der Waals surface area (Å²) in [5, 5.41) is 9.00. The molecule has 0 radical (unpaired) electrons. The van der Waals surface area contributed by atoms with Crippen LogP contribution in [0.5, 0.6) is 0 Å². The monoisotopic (exact) mass is 484 g/mol. The fourth-order valence-corrected chi connectivity index (χ4v) is 9.13. The Bertz CT molecular complexity index is 1100. The quantitative estimate of drug-likeness (QED) is 0.502. The third-order valence-corrected chi connectivity index (χ3v) is 11.1. The van der Waals surface area contributed by atoms with Crippen molar-refractivity contribution in [3.8, 4) is 0 Å². The van der Waals surface area contributed by atoms with Gasteiger partial charge >= 0.3 is 5.97 Å². The maximum atomic E-state index is 13.4. The molecule has 0 aromatic heterocycles. The Kier molecular flexibility index (Phi) is 6.11. The summed E-state index contributed by atoms with van der Waals surface area (Å²) >= 11 is 1.55.